The van der Waals surface area contributed by atoms with E-state index in [0.29, 0.717) is 6.04 Å². The summed E-state index contributed by atoms with van der Waals surface area (Å²) in [6, 6.07) is 0.664. The molecular formula is C17H31NO2S. The zero-order valence-corrected chi connectivity index (χ0v) is 14.3. The lowest BCUT2D eigenvalue weighted by molar-refractivity contribution is -0.108. The average molecular weight is 314 g/mol. The average Bonchev–Trinajstić information content (AvgIpc) is 3.01. The van der Waals surface area contributed by atoms with Gasteiger partial charge in [-0.05, 0) is 68.4 Å². The molecule has 0 amide bonds. The van der Waals surface area contributed by atoms with E-state index in [0.717, 1.165) is 38.2 Å². The third-order valence-corrected chi connectivity index (χ3v) is 6.57. The lowest BCUT2D eigenvalue weighted by atomic mass is 9.76. The minimum absolute atomic E-state index is 0.216. The number of nitrogens with one attached hydrogen (secondary N) is 1. The molecule has 3 saturated heterocycles. The largest absolute Gasteiger partial charge is 0.381 e. The van der Waals surface area contributed by atoms with Gasteiger partial charge in [-0.15, -0.1) is 0 Å². The van der Waals surface area contributed by atoms with Crippen LogP contribution in [0.3, 0.4) is 0 Å². The first-order chi connectivity index (χ1) is 10.3. The third-order valence-electron chi connectivity index (χ3n) is 5.58. The first-order valence-electron chi connectivity index (χ1n) is 8.84. The summed E-state index contributed by atoms with van der Waals surface area (Å²) in [6.07, 6.45) is 7.59. The van der Waals surface area contributed by atoms with Crippen molar-refractivity contribution in [1.82, 2.24) is 5.32 Å². The molecule has 1 spiro atoms. The van der Waals surface area contributed by atoms with Gasteiger partial charge in [-0.2, -0.15) is 11.8 Å². The molecule has 21 heavy (non-hydrogen) atoms. The molecular weight excluding hydrogens is 282 g/mol. The van der Waals surface area contributed by atoms with E-state index in [-0.39, 0.29) is 5.60 Å². The Balaban J connectivity index is 1.60. The van der Waals surface area contributed by atoms with Crippen molar-refractivity contribution >= 4 is 11.8 Å². The van der Waals surface area contributed by atoms with Crippen LogP contribution >= 0.6 is 11.8 Å². The first kappa shape index (κ1) is 16.1. The van der Waals surface area contributed by atoms with Gasteiger partial charge in [-0.3, -0.25) is 0 Å². The molecule has 0 saturated carbocycles. The van der Waals surface area contributed by atoms with Gasteiger partial charge >= 0.3 is 0 Å². The highest BCUT2D eigenvalue weighted by Gasteiger charge is 2.41. The third kappa shape index (κ3) is 4.15. The molecule has 0 aromatic heterocycles. The Kier molecular flexibility index (Phi) is 5.88. The molecule has 3 heterocycles. The highest BCUT2D eigenvalue weighted by molar-refractivity contribution is 7.99. The van der Waals surface area contributed by atoms with Gasteiger partial charge in [0.2, 0.25) is 0 Å². The topological polar surface area (TPSA) is 30.5 Å². The van der Waals surface area contributed by atoms with Crippen LogP contribution in [0.1, 0.15) is 45.4 Å². The van der Waals surface area contributed by atoms with Gasteiger partial charge in [-0.25, -0.2) is 0 Å². The maximum absolute atomic E-state index is 6.27. The number of hydrogen-bond acceptors (Lipinski definition) is 4. The van der Waals surface area contributed by atoms with Crippen molar-refractivity contribution in [3.63, 3.8) is 0 Å². The molecule has 0 aromatic carbocycles. The van der Waals surface area contributed by atoms with Crippen molar-refractivity contribution in [2.24, 2.45) is 11.8 Å². The molecule has 3 unspecified atom stereocenters. The fourth-order valence-corrected chi connectivity index (χ4v) is 5.57. The lowest BCUT2D eigenvalue weighted by Gasteiger charge is -2.45. The number of ether oxygens (including phenoxy) is 2. The van der Waals surface area contributed by atoms with Crippen LogP contribution in [0.15, 0.2) is 0 Å². The van der Waals surface area contributed by atoms with Gasteiger partial charge in [0.1, 0.15) is 0 Å². The number of rotatable bonds is 5. The monoisotopic (exact) mass is 313 g/mol. The van der Waals surface area contributed by atoms with Crippen LogP contribution in [0.25, 0.3) is 0 Å². The molecule has 0 radical (unpaired) electrons. The van der Waals surface area contributed by atoms with E-state index in [2.05, 4.69) is 24.0 Å². The zero-order chi connectivity index (χ0) is 14.5. The van der Waals surface area contributed by atoms with Crippen LogP contribution in [0.4, 0.5) is 0 Å². The summed E-state index contributed by atoms with van der Waals surface area (Å²) in [7, 11) is 0. The molecule has 3 rings (SSSR count). The summed E-state index contributed by atoms with van der Waals surface area (Å²) in [6.45, 7) is 6.24. The number of thioether (sulfide) groups is 1. The molecule has 0 bridgehead atoms. The fourth-order valence-electron chi connectivity index (χ4n) is 4.33. The first-order valence-corrected chi connectivity index (χ1v) is 10.00. The molecule has 3 nitrogen and oxygen atoms in total. The van der Waals surface area contributed by atoms with Gasteiger partial charge in [0.25, 0.3) is 0 Å². The Morgan fingerprint density at radius 1 is 1.24 bits per heavy atom. The SMILES string of the molecule is CCNC(CC1CCOC1)C1CCOC2(CCSCC2)C1. The van der Waals surface area contributed by atoms with Crippen molar-refractivity contribution < 1.29 is 9.47 Å². The van der Waals surface area contributed by atoms with Crippen LogP contribution in [0.5, 0.6) is 0 Å². The molecule has 4 heteroatoms. The smallest absolute Gasteiger partial charge is 0.0701 e. The molecule has 3 aliphatic rings. The Morgan fingerprint density at radius 3 is 2.81 bits per heavy atom. The zero-order valence-electron chi connectivity index (χ0n) is 13.4. The van der Waals surface area contributed by atoms with Gasteiger partial charge in [0.05, 0.1) is 5.60 Å². The van der Waals surface area contributed by atoms with Crippen molar-refractivity contribution in [2.45, 2.75) is 57.1 Å². The summed E-state index contributed by atoms with van der Waals surface area (Å²) in [5.41, 5.74) is 0.216. The molecule has 0 aliphatic carbocycles. The highest BCUT2D eigenvalue weighted by Crippen LogP contribution is 2.41. The van der Waals surface area contributed by atoms with Gasteiger partial charge < -0.3 is 14.8 Å². The van der Waals surface area contributed by atoms with Gasteiger partial charge in [0, 0.05) is 25.9 Å². The van der Waals surface area contributed by atoms with Gasteiger partial charge in [0.15, 0.2) is 0 Å². The summed E-state index contributed by atoms with van der Waals surface area (Å²) in [5, 5.41) is 3.78. The lowest BCUT2D eigenvalue weighted by Crippen LogP contribution is -2.49. The standard InChI is InChI=1S/C17H31NO2S/c1-2-18-16(11-14-3-7-19-13-14)15-4-8-20-17(12-15)5-9-21-10-6-17/h14-16,18H,2-13H2,1H3. The van der Waals surface area contributed by atoms with Crippen LogP contribution in [0.2, 0.25) is 0 Å². The van der Waals surface area contributed by atoms with E-state index < -0.39 is 0 Å². The minimum Gasteiger partial charge on any atom is -0.381 e. The van der Waals surface area contributed by atoms with Crippen LogP contribution in [-0.4, -0.2) is 49.5 Å². The summed E-state index contributed by atoms with van der Waals surface area (Å²) < 4.78 is 11.8. The van der Waals surface area contributed by atoms with Crippen molar-refractivity contribution in [1.29, 1.82) is 0 Å². The normalized spacial score (nSPS) is 34.1. The maximum atomic E-state index is 6.27. The van der Waals surface area contributed by atoms with E-state index in [1.165, 1.54) is 50.0 Å². The van der Waals surface area contributed by atoms with E-state index in [1.54, 1.807) is 0 Å². The Hall–Kier alpha value is 0.230. The van der Waals surface area contributed by atoms with E-state index >= 15 is 0 Å². The summed E-state index contributed by atoms with van der Waals surface area (Å²) in [4.78, 5) is 0. The predicted molar refractivity (Wildman–Crippen MR) is 89.0 cm³/mol. The molecule has 3 aliphatic heterocycles. The van der Waals surface area contributed by atoms with E-state index in [1.807, 2.05) is 0 Å². The van der Waals surface area contributed by atoms with Crippen molar-refractivity contribution in [3.8, 4) is 0 Å². The molecule has 122 valence electrons. The number of hydrogen-bond donors (Lipinski definition) is 1. The second-order valence-electron chi connectivity index (χ2n) is 7.03. The van der Waals surface area contributed by atoms with E-state index in [4.69, 9.17) is 9.47 Å². The van der Waals surface area contributed by atoms with Crippen LogP contribution < -0.4 is 5.32 Å². The minimum atomic E-state index is 0.216. The highest BCUT2D eigenvalue weighted by atomic mass is 32.2. The fraction of sp³-hybridized carbons (Fsp3) is 1.00. The summed E-state index contributed by atoms with van der Waals surface area (Å²) >= 11 is 2.10. The van der Waals surface area contributed by atoms with E-state index in [9.17, 15) is 0 Å². The predicted octanol–water partition coefficient (Wildman–Crippen LogP) is 3.08. The van der Waals surface area contributed by atoms with Gasteiger partial charge in [-0.1, -0.05) is 6.92 Å². The van der Waals surface area contributed by atoms with Crippen molar-refractivity contribution in [3.05, 3.63) is 0 Å². The Labute approximate surface area is 133 Å². The molecule has 3 atom stereocenters. The molecule has 1 N–H and O–H groups in total. The molecule has 0 aromatic rings. The maximum Gasteiger partial charge on any atom is 0.0701 e. The second kappa shape index (κ2) is 7.67. The molecule has 3 fully saturated rings. The summed E-state index contributed by atoms with van der Waals surface area (Å²) in [5.74, 6) is 4.14. The second-order valence-corrected chi connectivity index (χ2v) is 8.25. The Bertz CT molecular complexity index is 308. The van der Waals surface area contributed by atoms with Crippen LogP contribution in [-0.2, 0) is 9.47 Å². The van der Waals surface area contributed by atoms with Crippen LogP contribution in [0, 0.1) is 11.8 Å². The quantitative estimate of drug-likeness (QED) is 0.845. The van der Waals surface area contributed by atoms with Crippen molar-refractivity contribution in [2.75, 3.05) is 37.9 Å². The Morgan fingerprint density at radius 2 is 2.10 bits per heavy atom.